The number of hydrogen-bond acceptors (Lipinski definition) is 3. The minimum atomic E-state index is -0.166. The van der Waals surface area contributed by atoms with Crippen LogP contribution in [0.5, 0.6) is 0 Å². The number of nitrogens with one attached hydrogen (secondary N) is 1. The molecule has 0 aliphatic carbocycles. The van der Waals surface area contributed by atoms with Gasteiger partial charge >= 0.3 is 0 Å². The lowest BCUT2D eigenvalue weighted by Crippen LogP contribution is -2.51. The molecule has 2 saturated heterocycles. The maximum Gasteiger partial charge on any atom is 0.229 e. The SMILES string of the molecule is CN(C(=O)C1(C)CCCNC1)C1CCSC1. The first-order valence-electron chi connectivity index (χ1n) is 6.19. The number of hydrogen-bond donors (Lipinski definition) is 1. The van der Waals surface area contributed by atoms with Crippen molar-refractivity contribution in [2.24, 2.45) is 5.41 Å². The summed E-state index contributed by atoms with van der Waals surface area (Å²) in [6, 6.07) is 0.469. The van der Waals surface area contributed by atoms with E-state index >= 15 is 0 Å². The van der Waals surface area contributed by atoms with E-state index in [9.17, 15) is 4.79 Å². The van der Waals surface area contributed by atoms with E-state index < -0.39 is 0 Å². The van der Waals surface area contributed by atoms with Crippen LogP contribution in [-0.2, 0) is 4.79 Å². The van der Waals surface area contributed by atoms with Crippen molar-refractivity contribution >= 4 is 17.7 Å². The fourth-order valence-corrected chi connectivity index (χ4v) is 3.93. The third-order valence-corrected chi connectivity index (χ3v) is 5.03. The standard InChI is InChI=1S/C12H22N2OS/c1-12(5-3-6-13-9-12)11(15)14(2)10-4-7-16-8-10/h10,13H,3-9H2,1-2H3. The summed E-state index contributed by atoms with van der Waals surface area (Å²) >= 11 is 1.96. The van der Waals surface area contributed by atoms with Crippen LogP contribution in [0.4, 0.5) is 0 Å². The molecule has 2 aliphatic heterocycles. The number of thioether (sulfide) groups is 1. The first-order valence-corrected chi connectivity index (χ1v) is 7.35. The molecule has 0 spiro atoms. The first kappa shape index (κ1) is 12.2. The topological polar surface area (TPSA) is 32.3 Å². The summed E-state index contributed by atoms with van der Waals surface area (Å²) in [5, 5.41) is 3.35. The Kier molecular flexibility index (Phi) is 3.80. The number of rotatable bonds is 2. The van der Waals surface area contributed by atoms with Crippen LogP contribution in [0.15, 0.2) is 0 Å². The molecule has 2 unspecified atom stereocenters. The molecule has 0 saturated carbocycles. The van der Waals surface area contributed by atoms with Crippen molar-refractivity contribution in [1.82, 2.24) is 10.2 Å². The Morgan fingerprint density at radius 3 is 2.94 bits per heavy atom. The van der Waals surface area contributed by atoms with Gasteiger partial charge in [0.05, 0.1) is 5.41 Å². The van der Waals surface area contributed by atoms with Gasteiger partial charge in [-0.15, -0.1) is 0 Å². The predicted molar refractivity (Wildman–Crippen MR) is 68.7 cm³/mol. The highest BCUT2D eigenvalue weighted by Crippen LogP contribution is 2.30. The van der Waals surface area contributed by atoms with Gasteiger partial charge in [-0.25, -0.2) is 0 Å². The quantitative estimate of drug-likeness (QED) is 0.793. The van der Waals surface area contributed by atoms with Crippen LogP contribution < -0.4 is 5.32 Å². The van der Waals surface area contributed by atoms with Crippen molar-refractivity contribution in [2.75, 3.05) is 31.6 Å². The zero-order valence-electron chi connectivity index (χ0n) is 10.3. The minimum Gasteiger partial charge on any atom is -0.341 e. The van der Waals surface area contributed by atoms with E-state index in [1.165, 1.54) is 5.75 Å². The molecule has 0 aromatic heterocycles. The third-order valence-electron chi connectivity index (χ3n) is 3.89. The number of carbonyl (C=O) groups is 1. The first-order chi connectivity index (χ1) is 7.63. The van der Waals surface area contributed by atoms with Crippen LogP contribution in [0.25, 0.3) is 0 Å². The maximum atomic E-state index is 12.5. The minimum absolute atomic E-state index is 0.166. The van der Waals surface area contributed by atoms with Gasteiger partial charge in [-0.05, 0) is 38.5 Å². The van der Waals surface area contributed by atoms with Crippen LogP contribution >= 0.6 is 11.8 Å². The summed E-state index contributed by atoms with van der Waals surface area (Å²) in [6.45, 7) is 4.02. The second kappa shape index (κ2) is 4.96. The molecule has 0 radical (unpaired) electrons. The van der Waals surface area contributed by atoms with E-state index in [1.807, 2.05) is 23.7 Å². The monoisotopic (exact) mass is 242 g/mol. The Balaban J connectivity index is 1.99. The number of nitrogens with zero attached hydrogens (tertiary/aromatic N) is 1. The van der Waals surface area contributed by atoms with Gasteiger partial charge in [0, 0.05) is 25.4 Å². The van der Waals surface area contributed by atoms with Gasteiger partial charge in [-0.2, -0.15) is 11.8 Å². The van der Waals surface area contributed by atoms with Gasteiger partial charge in [0.2, 0.25) is 5.91 Å². The van der Waals surface area contributed by atoms with Gasteiger partial charge in [0.15, 0.2) is 0 Å². The van der Waals surface area contributed by atoms with Crippen molar-refractivity contribution in [3.8, 4) is 0 Å². The molecule has 1 N–H and O–H groups in total. The molecule has 4 heteroatoms. The third kappa shape index (κ3) is 2.38. The van der Waals surface area contributed by atoms with Crippen molar-refractivity contribution in [3.05, 3.63) is 0 Å². The van der Waals surface area contributed by atoms with Crippen molar-refractivity contribution < 1.29 is 4.79 Å². The van der Waals surface area contributed by atoms with Gasteiger partial charge in [-0.3, -0.25) is 4.79 Å². The van der Waals surface area contributed by atoms with E-state index in [2.05, 4.69) is 12.2 Å². The lowest BCUT2D eigenvalue weighted by molar-refractivity contribution is -0.142. The van der Waals surface area contributed by atoms with E-state index in [4.69, 9.17) is 0 Å². The molecule has 1 amide bonds. The highest BCUT2D eigenvalue weighted by molar-refractivity contribution is 7.99. The van der Waals surface area contributed by atoms with Gasteiger partial charge in [-0.1, -0.05) is 0 Å². The normalized spacial score (nSPS) is 35.0. The van der Waals surface area contributed by atoms with Gasteiger partial charge in [0.1, 0.15) is 0 Å². The molecule has 3 nitrogen and oxygen atoms in total. The second-order valence-corrected chi connectivity index (χ2v) is 6.42. The predicted octanol–water partition coefficient (Wildman–Crippen LogP) is 1.34. The largest absolute Gasteiger partial charge is 0.341 e. The van der Waals surface area contributed by atoms with Crippen molar-refractivity contribution in [1.29, 1.82) is 0 Å². The Hall–Kier alpha value is -0.220. The smallest absolute Gasteiger partial charge is 0.229 e. The van der Waals surface area contributed by atoms with Crippen LogP contribution in [0, 0.1) is 5.41 Å². The zero-order chi connectivity index (χ0) is 11.6. The number of amides is 1. The van der Waals surface area contributed by atoms with Crippen molar-refractivity contribution in [2.45, 2.75) is 32.2 Å². The molecule has 2 aliphatic rings. The van der Waals surface area contributed by atoms with Gasteiger partial charge < -0.3 is 10.2 Å². The molecule has 0 aromatic carbocycles. The molecule has 2 fully saturated rings. The van der Waals surface area contributed by atoms with Crippen LogP contribution in [0.1, 0.15) is 26.2 Å². The average Bonchev–Trinajstić information content (AvgIpc) is 2.81. The molecule has 2 heterocycles. The molecule has 16 heavy (non-hydrogen) atoms. The molecule has 2 atom stereocenters. The van der Waals surface area contributed by atoms with Gasteiger partial charge in [0.25, 0.3) is 0 Å². The summed E-state index contributed by atoms with van der Waals surface area (Å²) < 4.78 is 0. The molecular formula is C12H22N2OS. The Morgan fingerprint density at radius 2 is 2.38 bits per heavy atom. The Morgan fingerprint density at radius 1 is 1.56 bits per heavy atom. The lowest BCUT2D eigenvalue weighted by Gasteiger charge is -2.38. The fraction of sp³-hybridized carbons (Fsp3) is 0.917. The molecule has 0 aromatic rings. The van der Waals surface area contributed by atoms with E-state index in [0.29, 0.717) is 11.9 Å². The van der Waals surface area contributed by atoms with E-state index in [-0.39, 0.29) is 5.41 Å². The van der Waals surface area contributed by atoms with Crippen LogP contribution in [0.2, 0.25) is 0 Å². The number of carbonyl (C=O) groups excluding carboxylic acids is 1. The summed E-state index contributed by atoms with van der Waals surface area (Å²) in [4.78, 5) is 14.5. The second-order valence-electron chi connectivity index (χ2n) is 5.27. The van der Waals surface area contributed by atoms with E-state index in [1.54, 1.807) is 0 Å². The van der Waals surface area contributed by atoms with Crippen LogP contribution in [-0.4, -0.2) is 48.5 Å². The zero-order valence-corrected chi connectivity index (χ0v) is 11.1. The maximum absolute atomic E-state index is 12.5. The summed E-state index contributed by atoms with van der Waals surface area (Å²) in [6.07, 6.45) is 3.31. The highest BCUT2D eigenvalue weighted by Gasteiger charge is 2.38. The molecule has 0 bridgehead atoms. The summed E-state index contributed by atoms with van der Waals surface area (Å²) in [5.41, 5.74) is -0.166. The Labute approximate surface area is 102 Å². The highest BCUT2D eigenvalue weighted by atomic mass is 32.2. The lowest BCUT2D eigenvalue weighted by atomic mass is 9.81. The van der Waals surface area contributed by atoms with Crippen LogP contribution in [0.3, 0.4) is 0 Å². The molecule has 92 valence electrons. The average molecular weight is 242 g/mol. The summed E-state index contributed by atoms with van der Waals surface area (Å²) in [7, 11) is 1.98. The van der Waals surface area contributed by atoms with E-state index in [0.717, 1.165) is 38.1 Å². The fourth-order valence-electron chi connectivity index (χ4n) is 2.66. The molecule has 2 rings (SSSR count). The summed E-state index contributed by atoms with van der Waals surface area (Å²) in [5.74, 6) is 2.66. The Bertz CT molecular complexity index is 258. The van der Waals surface area contributed by atoms with Crippen molar-refractivity contribution in [3.63, 3.8) is 0 Å². The number of piperidine rings is 1. The molecular weight excluding hydrogens is 220 g/mol.